The van der Waals surface area contributed by atoms with Crippen molar-refractivity contribution in [3.8, 4) is 11.4 Å². The van der Waals surface area contributed by atoms with Gasteiger partial charge in [-0.2, -0.15) is 0 Å². The summed E-state index contributed by atoms with van der Waals surface area (Å²) in [6.07, 6.45) is 0. The summed E-state index contributed by atoms with van der Waals surface area (Å²) in [5.41, 5.74) is 0.852. The zero-order valence-electron chi connectivity index (χ0n) is 9.94. The summed E-state index contributed by atoms with van der Waals surface area (Å²) in [4.78, 5) is 0. The van der Waals surface area contributed by atoms with Crippen molar-refractivity contribution in [3.05, 3.63) is 29.6 Å². The molecule has 2 aromatic heterocycles. The Kier molecular flexibility index (Phi) is 2.66. The molecule has 0 spiro atoms. The van der Waals surface area contributed by atoms with Crippen molar-refractivity contribution >= 4 is 31.4 Å². The fourth-order valence-electron chi connectivity index (χ4n) is 1.95. The first-order valence-electron chi connectivity index (χ1n) is 5.37. The minimum atomic E-state index is -3.86. The monoisotopic (exact) mass is 294 g/mol. The maximum atomic E-state index is 11.4. The first-order chi connectivity index (χ1) is 8.98. The van der Waals surface area contributed by atoms with Crippen molar-refractivity contribution in [2.24, 2.45) is 12.2 Å². The second-order valence-electron chi connectivity index (χ2n) is 4.06. The Labute approximate surface area is 113 Å². The highest BCUT2D eigenvalue weighted by molar-refractivity contribution is 7.89. The Morgan fingerprint density at radius 1 is 1.26 bits per heavy atom. The van der Waals surface area contributed by atoms with Crippen LogP contribution >= 0.6 is 11.3 Å². The molecule has 2 N–H and O–H groups in total. The van der Waals surface area contributed by atoms with E-state index in [-0.39, 0.29) is 5.16 Å². The summed E-state index contributed by atoms with van der Waals surface area (Å²) in [7, 11) is -2.28. The van der Waals surface area contributed by atoms with Gasteiger partial charge in [-0.15, -0.1) is 21.5 Å². The Hall–Kier alpha value is -1.77. The number of nitrogens with two attached hydrogens (primary N) is 1. The zero-order valence-corrected chi connectivity index (χ0v) is 11.6. The molecule has 0 aliphatic carbocycles. The highest BCUT2D eigenvalue weighted by Crippen LogP contribution is 2.32. The van der Waals surface area contributed by atoms with Crippen LogP contribution in [0.15, 0.2) is 34.8 Å². The zero-order chi connectivity index (χ0) is 13.6. The molecule has 0 radical (unpaired) electrons. The van der Waals surface area contributed by atoms with Gasteiger partial charge in [-0.25, -0.2) is 13.6 Å². The minimum absolute atomic E-state index is 0.238. The summed E-state index contributed by atoms with van der Waals surface area (Å²) < 4.78 is 25.2. The van der Waals surface area contributed by atoms with Crippen LogP contribution in [-0.2, 0) is 17.1 Å². The molecule has 0 unspecified atom stereocenters. The van der Waals surface area contributed by atoms with Crippen LogP contribution in [0.25, 0.3) is 21.5 Å². The third-order valence-electron chi connectivity index (χ3n) is 2.81. The fourth-order valence-corrected chi connectivity index (χ4v) is 3.51. The van der Waals surface area contributed by atoms with Gasteiger partial charge in [-0.05, 0) is 6.07 Å². The first-order valence-corrected chi connectivity index (χ1v) is 7.80. The number of hydrogen-bond donors (Lipinski definition) is 1. The van der Waals surface area contributed by atoms with Gasteiger partial charge < -0.3 is 0 Å². The summed E-state index contributed by atoms with van der Waals surface area (Å²) in [6, 6.07) is 7.84. The number of benzene rings is 1. The van der Waals surface area contributed by atoms with Gasteiger partial charge in [-0.3, -0.25) is 4.57 Å². The standard InChI is InChI=1S/C11H10N4O2S2/c1-15-10(13-14-11(15)19(12,16)17)8-6-18-9-5-3-2-4-7(8)9/h2-6H,1H3,(H2,12,16,17). The Bertz CT molecular complexity index is 864. The van der Waals surface area contributed by atoms with Crippen LogP contribution in [0.1, 0.15) is 0 Å². The van der Waals surface area contributed by atoms with Crippen molar-refractivity contribution < 1.29 is 8.42 Å². The predicted octanol–water partition coefficient (Wildman–Crippen LogP) is 1.34. The molecule has 6 nitrogen and oxygen atoms in total. The maximum absolute atomic E-state index is 11.4. The molecular weight excluding hydrogens is 284 g/mol. The van der Waals surface area contributed by atoms with E-state index in [4.69, 9.17) is 5.14 Å². The van der Waals surface area contributed by atoms with Crippen molar-refractivity contribution in [1.29, 1.82) is 0 Å². The van der Waals surface area contributed by atoms with E-state index in [0.29, 0.717) is 5.82 Å². The molecule has 0 aliphatic heterocycles. The molecule has 8 heteroatoms. The third kappa shape index (κ3) is 1.93. The van der Waals surface area contributed by atoms with Crippen LogP contribution in [0.3, 0.4) is 0 Å². The lowest BCUT2D eigenvalue weighted by atomic mass is 10.2. The number of fused-ring (bicyclic) bond motifs is 1. The van der Waals surface area contributed by atoms with Crippen LogP contribution in [-0.4, -0.2) is 23.2 Å². The van der Waals surface area contributed by atoms with E-state index >= 15 is 0 Å². The quantitative estimate of drug-likeness (QED) is 0.772. The van der Waals surface area contributed by atoms with Crippen molar-refractivity contribution in [2.45, 2.75) is 5.16 Å². The number of rotatable bonds is 2. The van der Waals surface area contributed by atoms with Gasteiger partial charge in [-0.1, -0.05) is 18.2 Å². The lowest BCUT2D eigenvalue weighted by molar-refractivity contribution is 0.580. The number of hydrogen-bond acceptors (Lipinski definition) is 5. The van der Waals surface area contributed by atoms with E-state index in [9.17, 15) is 8.42 Å². The Balaban J connectivity index is 2.26. The normalized spacial score (nSPS) is 12.1. The molecule has 3 rings (SSSR count). The molecule has 0 saturated heterocycles. The SMILES string of the molecule is Cn1c(-c2csc3ccccc23)nnc1S(N)(=O)=O. The van der Waals surface area contributed by atoms with Crippen molar-refractivity contribution in [1.82, 2.24) is 14.8 Å². The van der Waals surface area contributed by atoms with Crippen molar-refractivity contribution in [3.63, 3.8) is 0 Å². The second kappa shape index (κ2) is 4.12. The molecule has 0 aliphatic rings. The van der Waals surface area contributed by atoms with E-state index in [1.165, 1.54) is 4.57 Å². The van der Waals surface area contributed by atoms with Gasteiger partial charge in [0.05, 0.1) is 0 Å². The number of nitrogens with zero attached hydrogens (tertiary/aromatic N) is 3. The first kappa shape index (κ1) is 12.3. The molecule has 0 bridgehead atoms. The molecule has 1 aromatic carbocycles. The van der Waals surface area contributed by atoms with Crippen LogP contribution in [0.4, 0.5) is 0 Å². The number of primary sulfonamides is 1. The van der Waals surface area contributed by atoms with E-state index < -0.39 is 10.0 Å². The van der Waals surface area contributed by atoms with Crippen molar-refractivity contribution in [2.75, 3.05) is 0 Å². The smallest absolute Gasteiger partial charge is 0.273 e. The third-order valence-corrected chi connectivity index (χ3v) is 4.64. The molecular formula is C11H10N4O2S2. The highest BCUT2D eigenvalue weighted by Gasteiger charge is 2.20. The summed E-state index contributed by atoms with van der Waals surface area (Å²) in [5.74, 6) is 0.487. The lowest BCUT2D eigenvalue weighted by Crippen LogP contribution is -2.17. The summed E-state index contributed by atoms with van der Waals surface area (Å²) >= 11 is 1.57. The molecule has 98 valence electrons. The fraction of sp³-hybridized carbons (Fsp3) is 0.0909. The predicted molar refractivity (Wildman–Crippen MR) is 73.2 cm³/mol. The van der Waals surface area contributed by atoms with Crippen LogP contribution < -0.4 is 5.14 Å². The molecule has 2 heterocycles. The second-order valence-corrected chi connectivity index (χ2v) is 6.42. The van der Waals surface area contributed by atoms with E-state index in [2.05, 4.69) is 10.2 Å². The average Bonchev–Trinajstić information content (AvgIpc) is 2.91. The van der Waals surface area contributed by atoms with Gasteiger partial charge in [0, 0.05) is 28.1 Å². The minimum Gasteiger partial charge on any atom is -0.300 e. The number of thiophene rings is 1. The highest BCUT2D eigenvalue weighted by atomic mass is 32.2. The van der Waals surface area contributed by atoms with Gasteiger partial charge in [0.2, 0.25) is 0 Å². The molecule has 3 aromatic rings. The van der Waals surface area contributed by atoms with E-state index in [1.54, 1.807) is 18.4 Å². The number of aromatic nitrogens is 3. The largest absolute Gasteiger partial charge is 0.300 e. The molecule has 0 fully saturated rings. The van der Waals surface area contributed by atoms with Gasteiger partial charge in [0.25, 0.3) is 15.2 Å². The van der Waals surface area contributed by atoms with Gasteiger partial charge in [0.1, 0.15) is 0 Å². The van der Waals surface area contributed by atoms with Crippen LogP contribution in [0.2, 0.25) is 0 Å². The van der Waals surface area contributed by atoms with E-state index in [1.807, 2.05) is 29.6 Å². The Morgan fingerprint density at radius 2 is 2.00 bits per heavy atom. The van der Waals surface area contributed by atoms with Gasteiger partial charge in [0.15, 0.2) is 5.82 Å². The molecule has 0 atom stereocenters. The molecule has 0 amide bonds. The Morgan fingerprint density at radius 3 is 2.68 bits per heavy atom. The van der Waals surface area contributed by atoms with E-state index in [0.717, 1.165) is 15.6 Å². The lowest BCUT2D eigenvalue weighted by Gasteiger charge is -2.01. The topological polar surface area (TPSA) is 90.9 Å². The summed E-state index contributed by atoms with van der Waals surface area (Å²) in [6.45, 7) is 0. The van der Waals surface area contributed by atoms with Gasteiger partial charge >= 0.3 is 0 Å². The molecule has 0 saturated carbocycles. The number of sulfonamides is 1. The molecule has 19 heavy (non-hydrogen) atoms. The van der Waals surface area contributed by atoms with Crippen LogP contribution in [0.5, 0.6) is 0 Å². The average molecular weight is 294 g/mol. The maximum Gasteiger partial charge on any atom is 0.273 e. The van der Waals surface area contributed by atoms with Crippen LogP contribution in [0, 0.1) is 0 Å². The summed E-state index contributed by atoms with van der Waals surface area (Å²) in [5, 5.41) is 15.4.